The maximum absolute atomic E-state index is 10.8. The Bertz CT molecular complexity index is 1080. The molecule has 0 saturated heterocycles. The predicted molar refractivity (Wildman–Crippen MR) is 147 cm³/mol. The minimum atomic E-state index is -4.31. The van der Waals surface area contributed by atoms with E-state index in [2.05, 4.69) is 67.1 Å². The van der Waals surface area contributed by atoms with Crippen LogP contribution in [0.4, 0.5) is 0 Å². The average molecular weight is 510 g/mol. The van der Waals surface area contributed by atoms with Gasteiger partial charge in [-0.25, -0.2) is 8.42 Å². The highest BCUT2D eigenvalue weighted by atomic mass is 32.2. The minimum absolute atomic E-state index is 0.140. The Kier molecular flexibility index (Phi) is 14.1. The van der Waals surface area contributed by atoms with E-state index in [-0.39, 0.29) is 4.90 Å². The van der Waals surface area contributed by atoms with Gasteiger partial charge in [0.25, 0.3) is 0 Å². The van der Waals surface area contributed by atoms with Gasteiger partial charge in [-0.2, -0.15) is 4.57 Å². The number of aromatic nitrogens is 1. The molecule has 0 aliphatic heterocycles. The van der Waals surface area contributed by atoms with Crippen LogP contribution in [0.3, 0.4) is 0 Å². The maximum atomic E-state index is 10.8. The maximum Gasteiger partial charge on any atom is 0.178 e. The van der Waals surface area contributed by atoms with Crippen LogP contribution in [0.1, 0.15) is 88.0 Å². The van der Waals surface area contributed by atoms with E-state index in [4.69, 9.17) is 0 Å². The van der Waals surface area contributed by atoms with Crippen molar-refractivity contribution in [3.63, 3.8) is 0 Å². The molecule has 0 N–H and O–H groups in total. The monoisotopic (exact) mass is 509 g/mol. The van der Waals surface area contributed by atoms with Crippen LogP contribution in [0, 0.1) is 6.92 Å². The third kappa shape index (κ3) is 12.5. The van der Waals surface area contributed by atoms with Gasteiger partial charge in [0, 0.05) is 24.6 Å². The van der Waals surface area contributed by atoms with Crippen LogP contribution in [0.2, 0.25) is 0 Å². The smallest absolute Gasteiger partial charge is 0.178 e. The van der Waals surface area contributed by atoms with Gasteiger partial charge in [-0.05, 0) is 30.5 Å². The summed E-state index contributed by atoms with van der Waals surface area (Å²) in [5, 5.41) is 0. The molecule has 3 aromatic rings. The molecular formula is C31H43NO3S. The quantitative estimate of drug-likeness (QED) is 0.129. The van der Waals surface area contributed by atoms with Crippen LogP contribution in [0.5, 0.6) is 0 Å². The first-order chi connectivity index (χ1) is 17.4. The van der Waals surface area contributed by atoms with E-state index in [9.17, 15) is 13.0 Å². The average Bonchev–Trinajstić information content (AvgIpc) is 2.87. The standard InChI is InChI=1S/C18H30O3S.C13H14N/c1-2-3-4-5-6-7-8-9-10-11-12-17-13-15-18(16-14-17)22(19,20)21;1-12-7-5-6-10-14(12)11-13-8-3-2-4-9-13/h13-16H,2-12H2,1H3,(H,19,20,21);2-10H,11H2,1H3/q;+1/p-1. The van der Waals surface area contributed by atoms with Crippen molar-refractivity contribution in [1.29, 1.82) is 0 Å². The second-order valence-electron chi connectivity index (χ2n) is 9.49. The summed E-state index contributed by atoms with van der Waals surface area (Å²) in [4.78, 5) is -0.140. The second kappa shape index (κ2) is 17.0. The topological polar surface area (TPSA) is 61.1 Å². The Balaban J connectivity index is 0.000000278. The van der Waals surface area contributed by atoms with Crippen LogP contribution in [-0.2, 0) is 23.1 Å². The lowest BCUT2D eigenvalue weighted by Crippen LogP contribution is -2.36. The van der Waals surface area contributed by atoms with E-state index in [1.54, 1.807) is 12.1 Å². The normalized spacial score (nSPS) is 11.1. The Morgan fingerprint density at radius 3 is 1.78 bits per heavy atom. The lowest BCUT2D eigenvalue weighted by atomic mass is 10.0. The van der Waals surface area contributed by atoms with Gasteiger partial charge in [0.15, 0.2) is 18.4 Å². The molecule has 4 nitrogen and oxygen atoms in total. The van der Waals surface area contributed by atoms with Crippen molar-refractivity contribution < 1.29 is 17.5 Å². The molecule has 0 saturated carbocycles. The van der Waals surface area contributed by atoms with Gasteiger partial charge in [-0.1, -0.05) is 113 Å². The molecule has 3 rings (SSSR count). The number of aryl methyl sites for hydroxylation is 2. The SMILES string of the molecule is CCCCCCCCCCCCc1ccc(S(=O)(=O)[O-])cc1.Cc1cccc[n+]1Cc1ccccc1. The summed E-state index contributed by atoms with van der Waals surface area (Å²) in [6, 6.07) is 23.1. The van der Waals surface area contributed by atoms with E-state index < -0.39 is 10.1 Å². The van der Waals surface area contributed by atoms with Crippen molar-refractivity contribution in [1.82, 2.24) is 0 Å². The van der Waals surface area contributed by atoms with E-state index in [1.165, 1.54) is 81.2 Å². The van der Waals surface area contributed by atoms with Crippen molar-refractivity contribution in [3.8, 4) is 0 Å². The molecule has 0 atom stereocenters. The minimum Gasteiger partial charge on any atom is -0.744 e. The summed E-state index contributed by atoms with van der Waals surface area (Å²) in [7, 11) is -4.31. The van der Waals surface area contributed by atoms with Gasteiger partial charge in [-0.15, -0.1) is 0 Å². The lowest BCUT2D eigenvalue weighted by Gasteiger charge is -2.08. The number of rotatable bonds is 14. The van der Waals surface area contributed by atoms with Gasteiger partial charge in [0.2, 0.25) is 0 Å². The molecule has 1 aromatic heterocycles. The first kappa shape index (κ1) is 29.7. The van der Waals surface area contributed by atoms with Crippen molar-refractivity contribution in [2.24, 2.45) is 0 Å². The summed E-state index contributed by atoms with van der Waals surface area (Å²) in [5.41, 5.74) is 3.73. The van der Waals surface area contributed by atoms with Gasteiger partial charge >= 0.3 is 0 Å². The van der Waals surface area contributed by atoms with Gasteiger partial charge in [0.05, 0.1) is 4.90 Å². The fourth-order valence-corrected chi connectivity index (χ4v) is 4.63. The number of hydrogen-bond acceptors (Lipinski definition) is 3. The predicted octanol–water partition coefficient (Wildman–Crippen LogP) is 7.38. The molecule has 2 aromatic carbocycles. The van der Waals surface area contributed by atoms with E-state index >= 15 is 0 Å². The Morgan fingerprint density at radius 1 is 0.667 bits per heavy atom. The molecule has 0 fully saturated rings. The summed E-state index contributed by atoms with van der Waals surface area (Å²) in [6.45, 7) is 5.32. The van der Waals surface area contributed by atoms with Crippen molar-refractivity contribution >= 4 is 10.1 Å². The molecule has 0 amide bonds. The van der Waals surface area contributed by atoms with Crippen LogP contribution >= 0.6 is 0 Å². The number of hydrogen-bond donors (Lipinski definition) is 0. The highest BCUT2D eigenvalue weighted by Crippen LogP contribution is 2.14. The Hall–Kier alpha value is -2.50. The molecule has 0 aliphatic rings. The first-order valence-corrected chi connectivity index (χ1v) is 14.8. The van der Waals surface area contributed by atoms with Crippen molar-refractivity contribution in [3.05, 3.63) is 95.8 Å². The Labute approximate surface area is 219 Å². The molecular weight excluding hydrogens is 466 g/mol. The molecule has 196 valence electrons. The first-order valence-electron chi connectivity index (χ1n) is 13.4. The molecule has 1 heterocycles. The van der Waals surface area contributed by atoms with Crippen molar-refractivity contribution in [2.45, 2.75) is 95.9 Å². The lowest BCUT2D eigenvalue weighted by molar-refractivity contribution is -0.694. The zero-order valence-corrected chi connectivity index (χ0v) is 22.9. The van der Waals surface area contributed by atoms with Crippen LogP contribution in [-0.4, -0.2) is 13.0 Å². The highest BCUT2D eigenvalue weighted by molar-refractivity contribution is 7.85. The second-order valence-corrected chi connectivity index (χ2v) is 10.9. The molecule has 36 heavy (non-hydrogen) atoms. The summed E-state index contributed by atoms with van der Waals surface area (Å²) in [6.07, 6.45) is 16.2. The molecule has 0 aliphatic carbocycles. The molecule has 0 unspecified atom stereocenters. The highest BCUT2D eigenvalue weighted by Gasteiger charge is 2.04. The van der Waals surface area contributed by atoms with Gasteiger partial charge < -0.3 is 4.55 Å². The largest absolute Gasteiger partial charge is 0.744 e. The van der Waals surface area contributed by atoms with Crippen LogP contribution < -0.4 is 4.57 Å². The van der Waals surface area contributed by atoms with Gasteiger partial charge in [-0.3, -0.25) is 0 Å². The Morgan fingerprint density at radius 2 is 1.22 bits per heavy atom. The zero-order valence-electron chi connectivity index (χ0n) is 22.1. The van der Waals surface area contributed by atoms with Crippen LogP contribution in [0.15, 0.2) is 83.9 Å². The fourth-order valence-electron chi connectivity index (χ4n) is 4.16. The summed E-state index contributed by atoms with van der Waals surface area (Å²) >= 11 is 0. The zero-order chi connectivity index (χ0) is 26.1. The summed E-state index contributed by atoms with van der Waals surface area (Å²) < 4.78 is 34.7. The molecule has 0 bridgehead atoms. The van der Waals surface area contributed by atoms with Crippen molar-refractivity contribution in [2.75, 3.05) is 0 Å². The third-order valence-corrected chi connectivity index (χ3v) is 7.24. The fraction of sp³-hybridized carbons (Fsp3) is 0.452. The van der Waals surface area contributed by atoms with E-state index in [1.807, 2.05) is 6.07 Å². The van der Waals surface area contributed by atoms with Crippen LogP contribution in [0.25, 0.3) is 0 Å². The van der Waals surface area contributed by atoms with Gasteiger partial charge in [0.1, 0.15) is 10.1 Å². The summed E-state index contributed by atoms with van der Waals surface area (Å²) in [5.74, 6) is 0. The number of unbranched alkanes of at least 4 members (excludes halogenated alkanes) is 9. The molecule has 5 heteroatoms. The van der Waals surface area contributed by atoms with E-state index in [0.29, 0.717) is 0 Å². The molecule has 0 spiro atoms. The number of benzene rings is 2. The van der Waals surface area contributed by atoms with E-state index in [0.717, 1.165) is 24.9 Å². The third-order valence-electron chi connectivity index (χ3n) is 6.39. The molecule has 0 radical (unpaired) electrons. The number of nitrogens with zero attached hydrogens (tertiary/aromatic N) is 1. The number of pyridine rings is 1.